The Morgan fingerprint density at radius 1 is 1.15 bits per heavy atom. The zero-order valence-electron chi connectivity index (χ0n) is 15.1. The second kappa shape index (κ2) is 7.51. The van der Waals surface area contributed by atoms with Gasteiger partial charge in [-0.25, -0.2) is 0 Å². The molecule has 0 saturated carbocycles. The zero-order valence-corrected chi connectivity index (χ0v) is 15.1. The van der Waals surface area contributed by atoms with Crippen molar-refractivity contribution in [1.82, 2.24) is 14.4 Å². The third-order valence-corrected chi connectivity index (χ3v) is 5.25. The minimum absolute atomic E-state index is 0.0545. The van der Waals surface area contributed by atoms with Crippen LogP contribution in [0.2, 0.25) is 0 Å². The molecule has 0 spiro atoms. The van der Waals surface area contributed by atoms with Gasteiger partial charge in [0.05, 0.1) is 32.9 Å². The standard InChI is InChI=1S/C20H25N3O3/c1-25-17-5-2-4-16(14-17)20-18-6-3-7-21(18)8-9-23(20)15-19(24)22-10-12-26-13-11-22/h2-7,14,20H,8-13,15H2,1H3/t20-/m1/s1. The van der Waals surface area contributed by atoms with Crippen LogP contribution in [-0.2, 0) is 16.1 Å². The number of rotatable bonds is 4. The van der Waals surface area contributed by atoms with Gasteiger partial charge in [-0.2, -0.15) is 0 Å². The van der Waals surface area contributed by atoms with Gasteiger partial charge in [-0.05, 0) is 29.8 Å². The Hall–Kier alpha value is -2.31. The molecule has 1 amide bonds. The van der Waals surface area contributed by atoms with Crippen LogP contribution in [0.3, 0.4) is 0 Å². The number of aromatic nitrogens is 1. The quantitative estimate of drug-likeness (QED) is 0.839. The minimum atomic E-state index is 0.0545. The summed E-state index contributed by atoms with van der Waals surface area (Å²) in [5, 5.41) is 0. The molecule has 0 aliphatic carbocycles. The third kappa shape index (κ3) is 3.34. The summed E-state index contributed by atoms with van der Waals surface area (Å²) < 4.78 is 13.1. The number of methoxy groups -OCH3 is 1. The first kappa shape index (κ1) is 17.1. The molecule has 0 N–H and O–H groups in total. The van der Waals surface area contributed by atoms with Gasteiger partial charge in [0.15, 0.2) is 0 Å². The van der Waals surface area contributed by atoms with Gasteiger partial charge in [-0.15, -0.1) is 0 Å². The normalized spacial score (nSPS) is 20.7. The first-order valence-corrected chi connectivity index (χ1v) is 9.15. The summed E-state index contributed by atoms with van der Waals surface area (Å²) in [5.74, 6) is 1.02. The highest BCUT2D eigenvalue weighted by Crippen LogP contribution is 2.33. The van der Waals surface area contributed by atoms with Crippen LogP contribution in [0.1, 0.15) is 17.3 Å². The molecule has 0 bridgehead atoms. The Morgan fingerprint density at radius 3 is 2.81 bits per heavy atom. The van der Waals surface area contributed by atoms with Crippen molar-refractivity contribution in [3.63, 3.8) is 0 Å². The third-order valence-electron chi connectivity index (χ3n) is 5.25. The van der Waals surface area contributed by atoms with E-state index in [1.165, 1.54) is 5.69 Å². The van der Waals surface area contributed by atoms with E-state index in [1.807, 2.05) is 17.0 Å². The number of hydrogen-bond donors (Lipinski definition) is 0. The van der Waals surface area contributed by atoms with E-state index in [9.17, 15) is 4.79 Å². The van der Waals surface area contributed by atoms with Crippen molar-refractivity contribution in [3.8, 4) is 5.75 Å². The lowest BCUT2D eigenvalue weighted by atomic mass is 9.99. The van der Waals surface area contributed by atoms with Gasteiger partial charge in [0.2, 0.25) is 5.91 Å². The van der Waals surface area contributed by atoms with E-state index in [0.717, 1.165) is 24.4 Å². The highest BCUT2D eigenvalue weighted by atomic mass is 16.5. The maximum Gasteiger partial charge on any atom is 0.236 e. The predicted molar refractivity (Wildman–Crippen MR) is 98.2 cm³/mol. The van der Waals surface area contributed by atoms with Crippen LogP contribution < -0.4 is 4.74 Å². The van der Waals surface area contributed by atoms with Crippen molar-refractivity contribution in [2.75, 3.05) is 46.5 Å². The van der Waals surface area contributed by atoms with Crippen LogP contribution in [0, 0.1) is 0 Å². The van der Waals surface area contributed by atoms with E-state index in [2.05, 4.69) is 39.9 Å². The lowest BCUT2D eigenvalue weighted by Crippen LogP contribution is -2.48. The van der Waals surface area contributed by atoms with Crippen LogP contribution in [0.5, 0.6) is 5.75 Å². The van der Waals surface area contributed by atoms with E-state index < -0.39 is 0 Å². The number of fused-ring (bicyclic) bond motifs is 1. The number of benzene rings is 1. The fourth-order valence-electron chi connectivity index (χ4n) is 3.88. The highest BCUT2D eigenvalue weighted by molar-refractivity contribution is 5.78. The number of morpholine rings is 1. The summed E-state index contributed by atoms with van der Waals surface area (Å²) in [4.78, 5) is 17.0. The Kier molecular flexibility index (Phi) is 4.95. The Morgan fingerprint density at radius 2 is 2.00 bits per heavy atom. The molecule has 2 aromatic rings. The van der Waals surface area contributed by atoms with Crippen molar-refractivity contribution in [3.05, 3.63) is 53.9 Å². The molecule has 2 aliphatic rings. The molecule has 0 radical (unpaired) electrons. The highest BCUT2D eigenvalue weighted by Gasteiger charge is 2.31. The lowest BCUT2D eigenvalue weighted by Gasteiger charge is -2.38. The second-order valence-electron chi connectivity index (χ2n) is 6.77. The topological polar surface area (TPSA) is 46.9 Å². The number of ether oxygens (including phenoxy) is 2. The van der Waals surface area contributed by atoms with Crippen LogP contribution >= 0.6 is 0 Å². The van der Waals surface area contributed by atoms with Gasteiger partial charge in [-0.1, -0.05) is 12.1 Å². The van der Waals surface area contributed by atoms with E-state index >= 15 is 0 Å². The molecule has 1 aromatic heterocycles. The zero-order chi connectivity index (χ0) is 17.9. The van der Waals surface area contributed by atoms with Crippen LogP contribution in [-0.4, -0.2) is 66.8 Å². The molecular weight excluding hydrogens is 330 g/mol. The van der Waals surface area contributed by atoms with Gasteiger partial charge in [0.25, 0.3) is 0 Å². The summed E-state index contributed by atoms with van der Waals surface area (Å²) in [6, 6.07) is 12.4. The minimum Gasteiger partial charge on any atom is -0.497 e. The number of hydrogen-bond acceptors (Lipinski definition) is 4. The molecule has 0 unspecified atom stereocenters. The summed E-state index contributed by atoms with van der Waals surface area (Å²) in [6.07, 6.45) is 2.11. The predicted octanol–water partition coefficient (Wildman–Crippen LogP) is 1.76. The number of carbonyl (C=O) groups excluding carboxylic acids is 1. The van der Waals surface area contributed by atoms with Gasteiger partial charge in [-0.3, -0.25) is 9.69 Å². The molecule has 138 valence electrons. The van der Waals surface area contributed by atoms with Crippen LogP contribution in [0.25, 0.3) is 0 Å². The molecular formula is C20H25N3O3. The van der Waals surface area contributed by atoms with Gasteiger partial charge >= 0.3 is 0 Å². The molecule has 1 saturated heterocycles. The number of carbonyl (C=O) groups is 1. The van der Waals surface area contributed by atoms with Gasteiger partial charge < -0.3 is 18.9 Å². The fourth-order valence-corrected chi connectivity index (χ4v) is 3.88. The average Bonchev–Trinajstić information content (AvgIpc) is 3.17. The Bertz CT molecular complexity index is 767. The Balaban J connectivity index is 1.61. The van der Waals surface area contributed by atoms with Gasteiger partial charge in [0, 0.05) is 38.1 Å². The maximum atomic E-state index is 12.8. The lowest BCUT2D eigenvalue weighted by molar-refractivity contribution is -0.137. The molecule has 3 heterocycles. The molecule has 1 fully saturated rings. The summed E-state index contributed by atoms with van der Waals surface area (Å²) in [7, 11) is 1.68. The summed E-state index contributed by atoms with van der Waals surface area (Å²) in [6.45, 7) is 4.81. The summed E-state index contributed by atoms with van der Waals surface area (Å²) in [5.41, 5.74) is 2.37. The van der Waals surface area contributed by atoms with Gasteiger partial charge in [0.1, 0.15) is 5.75 Å². The molecule has 6 nitrogen and oxygen atoms in total. The maximum absolute atomic E-state index is 12.8. The second-order valence-corrected chi connectivity index (χ2v) is 6.77. The SMILES string of the molecule is COc1cccc([C@@H]2c3cccn3CCN2CC(=O)N2CCOCC2)c1. The van der Waals surface area contributed by atoms with Crippen molar-refractivity contribution >= 4 is 5.91 Å². The Labute approximate surface area is 153 Å². The first-order valence-electron chi connectivity index (χ1n) is 9.15. The van der Waals surface area contributed by atoms with E-state index in [4.69, 9.17) is 9.47 Å². The average molecular weight is 355 g/mol. The number of nitrogens with zero attached hydrogens (tertiary/aromatic N) is 3. The van der Waals surface area contributed by atoms with E-state index in [-0.39, 0.29) is 11.9 Å². The van der Waals surface area contributed by atoms with Crippen molar-refractivity contribution in [2.24, 2.45) is 0 Å². The first-order chi connectivity index (χ1) is 12.8. The van der Waals surface area contributed by atoms with Crippen molar-refractivity contribution < 1.29 is 14.3 Å². The van der Waals surface area contributed by atoms with Crippen molar-refractivity contribution in [2.45, 2.75) is 12.6 Å². The fraction of sp³-hybridized carbons (Fsp3) is 0.450. The molecule has 6 heteroatoms. The molecule has 1 atom stereocenters. The van der Waals surface area contributed by atoms with Crippen molar-refractivity contribution in [1.29, 1.82) is 0 Å². The molecule has 1 aromatic carbocycles. The van der Waals surface area contributed by atoms with Crippen LogP contribution in [0.4, 0.5) is 0 Å². The van der Waals surface area contributed by atoms with Crippen LogP contribution in [0.15, 0.2) is 42.6 Å². The number of amides is 1. The molecule has 2 aliphatic heterocycles. The molecule has 4 rings (SSSR count). The van der Waals surface area contributed by atoms with E-state index in [1.54, 1.807) is 7.11 Å². The van der Waals surface area contributed by atoms with E-state index in [0.29, 0.717) is 32.8 Å². The monoisotopic (exact) mass is 355 g/mol. The summed E-state index contributed by atoms with van der Waals surface area (Å²) >= 11 is 0. The largest absolute Gasteiger partial charge is 0.497 e. The smallest absolute Gasteiger partial charge is 0.236 e. The molecule has 26 heavy (non-hydrogen) atoms.